The van der Waals surface area contributed by atoms with Gasteiger partial charge in [-0.1, -0.05) is 6.07 Å². The van der Waals surface area contributed by atoms with Crippen LogP contribution in [-0.2, 0) is 0 Å². The molecule has 0 bridgehead atoms. The van der Waals surface area contributed by atoms with Crippen LogP contribution in [-0.4, -0.2) is 19.6 Å². The maximum atomic E-state index is 13.3. The van der Waals surface area contributed by atoms with Crippen LogP contribution in [0.2, 0.25) is 0 Å². The van der Waals surface area contributed by atoms with Gasteiger partial charge in [-0.05, 0) is 6.07 Å². The zero-order valence-corrected chi connectivity index (χ0v) is 8.91. The molecular weight excluding hydrogens is 222 g/mol. The third-order valence-electron chi connectivity index (χ3n) is 2.38. The Morgan fingerprint density at radius 1 is 1.20 bits per heavy atom. The summed E-state index contributed by atoms with van der Waals surface area (Å²) in [5, 5.41) is 6.32. The Morgan fingerprint density at radius 3 is 2.60 bits per heavy atom. The van der Waals surface area contributed by atoms with Gasteiger partial charge in [-0.3, -0.25) is 0 Å². The quantitative estimate of drug-likeness (QED) is 0.772. The lowest BCUT2D eigenvalue weighted by molar-refractivity contribution is 0.415. The van der Waals surface area contributed by atoms with Crippen LogP contribution in [0.25, 0.3) is 0 Å². The van der Waals surface area contributed by atoms with Crippen molar-refractivity contribution in [2.24, 2.45) is 0 Å². The van der Waals surface area contributed by atoms with E-state index in [0.717, 1.165) is 19.2 Å². The van der Waals surface area contributed by atoms with E-state index in [4.69, 9.17) is 0 Å². The number of piperazine rings is 1. The van der Waals surface area contributed by atoms with Crippen molar-refractivity contribution < 1.29 is 8.78 Å². The molecule has 0 radical (unpaired) electrons. The minimum Gasteiger partial charge on any atom is -0.314 e. The Hall–Kier alpha value is -0.710. The first-order valence-electron chi connectivity index (χ1n) is 4.66. The molecule has 1 aromatic rings. The molecule has 0 spiro atoms. The summed E-state index contributed by atoms with van der Waals surface area (Å²) in [6, 6.07) is 3.65. The molecule has 1 aliphatic rings. The van der Waals surface area contributed by atoms with Crippen LogP contribution >= 0.6 is 12.4 Å². The zero-order valence-electron chi connectivity index (χ0n) is 8.09. The monoisotopic (exact) mass is 234 g/mol. The van der Waals surface area contributed by atoms with Gasteiger partial charge in [-0.15, -0.1) is 12.4 Å². The SMILES string of the molecule is Cl.Fc1ccc([C@@H]2CNCCN2)c(F)c1. The van der Waals surface area contributed by atoms with E-state index < -0.39 is 11.6 Å². The molecule has 0 saturated carbocycles. The highest BCUT2D eigenvalue weighted by atomic mass is 35.5. The van der Waals surface area contributed by atoms with Crippen molar-refractivity contribution in [1.29, 1.82) is 0 Å². The highest BCUT2D eigenvalue weighted by Crippen LogP contribution is 2.18. The van der Waals surface area contributed by atoms with E-state index in [0.29, 0.717) is 12.1 Å². The molecule has 0 amide bonds. The van der Waals surface area contributed by atoms with E-state index in [9.17, 15) is 8.78 Å². The van der Waals surface area contributed by atoms with E-state index in [1.807, 2.05) is 0 Å². The first-order chi connectivity index (χ1) is 6.77. The largest absolute Gasteiger partial charge is 0.314 e. The number of hydrogen-bond donors (Lipinski definition) is 2. The highest BCUT2D eigenvalue weighted by Gasteiger charge is 2.17. The lowest BCUT2D eigenvalue weighted by Crippen LogP contribution is -2.42. The van der Waals surface area contributed by atoms with E-state index in [-0.39, 0.29) is 18.4 Å². The first-order valence-corrected chi connectivity index (χ1v) is 4.66. The second-order valence-corrected chi connectivity index (χ2v) is 3.38. The van der Waals surface area contributed by atoms with Crippen LogP contribution in [0.3, 0.4) is 0 Å². The van der Waals surface area contributed by atoms with Crippen LogP contribution in [0.5, 0.6) is 0 Å². The van der Waals surface area contributed by atoms with Crippen LogP contribution in [0.1, 0.15) is 11.6 Å². The standard InChI is InChI=1S/C10H12F2N2.ClH/c11-7-1-2-8(9(12)5-7)10-6-13-3-4-14-10;/h1-2,5,10,13-14H,3-4,6H2;1H/t10-;/m0./s1. The molecule has 1 atom stereocenters. The smallest absolute Gasteiger partial charge is 0.130 e. The fourth-order valence-corrected chi connectivity index (χ4v) is 1.66. The summed E-state index contributed by atoms with van der Waals surface area (Å²) in [4.78, 5) is 0. The van der Waals surface area contributed by atoms with Crippen LogP contribution in [0, 0.1) is 11.6 Å². The predicted molar refractivity (Wildman–Crippen MR) is 57.2 cm³/mol. The maximum Gasteiger partial charge on any atom is 0.130 e. The van der Waals surface area contributed by atoms with Crippen molar-refractivity contribution in [3.05, 3.63) is 35.4 Å². The van der Waals surface area contributed by atoms with E-state index >= 15 is 0 Å². The minimum absolute atomic E-state index is 0. The van der Waals surface area contributed by atoms with Crippen molar-refractivity contribution in [2.75, 3.05) is 19.6 Å². The highest BCUT2D eigenvalue weighted by molar-refractivity contribution is 5.85. The number of rotatable bonds is 1. The lowest BCUT2D eigenvalue weighted by Gasteiger charge is -2.25. The summed E-state index contributed by atoms with van der Waals surface area (Å²) in [6.45, 7) is 2.38. The molecule has 0 unspecified atom stereocenters. The Labute approximate surface area is 93.5 Å². The number of benzene rings is 1. The molecule has 84 valence electrons. The van der Waals surface area contributed by atoms with E-state index in [1.165, 1.54) is 12.1 Å². The normalized spacial score (nSPS) is 20.8. The molecule has 1 fully saturated rings. The molecule has 5 heteroatoms. The molecule has 15 heavy (non-hydrogen) atoms. The Balaban J connectivity index is 0.00000112. The fourth-order valence-electron chi connectivity index (χ4n) is 1.66. The van der Waals surface area contributed by atoms with Crippen molar-refractivity contribution >= 4 is 12.4 Å². The van der Waals surface area contributed by atoms with Gasteiger partial charge < -0.3 is 10.6 Å². The average Bonchev–Trinajstić information content (AvgIpc) is 2.19. The summed E-state index contributed by atoms with van der Waals surface area (Å²) in [5.41, 5.74) is 0.526. The molecule has 1 aromatic carbocycles. The Kier molecular flexibility index (Phi) is 4.45. The van der Waals surface area contributed by atoms with E-state index in [1.54, 1.807) is 0 Å². The molecule has 0 aliphatic carbocycles. The molecule has 2 nitrogen and oxygen atoms in total. The van der Waals surface area contributed by atoms with Gasteiger partial charge in [-0.2, -0.15) is 0 Å². The summed E-state index contributed by atoms with van der Waals surface area (Å²) in [7, 11) is 0. The van der Waals surface area contributed by atoms with Gasteiger partial charge in [0.2, 0.25) is 0 Å². The third-order valence-corrected chi connectivity index (χ3v) is 2.38. The summed E-state index contributed by atoms with van der Waals surface area (Å²) >= 11 is 0. The van der Waals surface area contributed by atoms with Crippen molar-refractivity contribution in [3.8, 4) is 0 Å². The Bertz CT molecular complexity index is 327. The summed E-state index contributed by atoms with van der Waals surface area (Å²) in [6.07, 6.45) is 0. The van der Waals surface area contributed by atoms with Gasteiger partial charge in [0, 0.05) is 37.3 Å². The molecule has 2 N–H and O–H groups in total. The average molecular weight is 235 g/mol. The molecule has 2 rings (SSSR count). The zero-order chi connectivity index (χ0) is 9.97. The second-order valence-electron chi connectivity index (χ2n) is 3.38. The predicted octanol–water partition coefficient (Wildman–Crippen LogP) is 1.62. The van der Waals surface area contributed by atoms with Crippen molar-refractivity contribution in [1.82, 2.24) is 10.6 Å². The molecule has 1 aliphatic heterocycles. The van der Waals surface area contributed by atoms with Crippen LogP contribution < -0.4 is 10.6 Å². The van der Waals surface area contributed by atoms with Gasteiger partial charge in [0.05, 0.1) is 0 Å². The van der Waals surface area contributed by atoms with Gasteiger partial charge in [0.15, 0.2) is 0 Å². The third kappa shape index (κ3) is 2.87. The fraction of sp³-hybridized carbons (Fsp3) is 0.400. The maximum absolute atomic E-state index is 13.3. The van der Waals surface area contributed by atoms with Gasteiger partial charge >= 0.3 is 0 Å². The summed E-state index contributed by atoms with van der Waals surface area (Å²) < 4.78 is 26.0. The van der Waals surface area contributed by atoms with Crippen molar-refractivity contribution in [2.45, 2.75) is 6.04 Å². The van der Waals surface area contributed by atoms with Gasteiger partial charge in [-0.25, -0.2) is 8.78 Å². The molecule has 1 saturated heterocycles. The van der Waals surface area contributed by atoms with Gasteiger partial charge in [0.25, 0.3) is 0 Å². The summed E-state index contributed by atoms with van der Waals surface area (Å²) in [5.74, 6) is -1.01. The van der Waals surface area contributed by atoms with Crippen molar-refractivity contribution in [3.63, 3.8) is 0 Å². The minimum atomic E-state index is -0.532. The topological polar surface area (TPSA) is 24.1 Å². The molecule has 0 aromatic heterocycles. The van der Waals surface area contributed by atoms with Gasteiger partial charge in [0.1, 0.15) is 11.6 Å². The number of hydrogen-bond acceptors (Lipinski definition) is 2. The lowest BCUT2D eigenvalue weighted by atomic mass is 10.0. The number of nitrogens with one attached hydrogen (secondary N) is 2. The molecular formula is C10H13ClF2N2. The van der Waals surface area contributed by atoms with E-state index in [2.05, 4.69) is 10.6 Å². The Morgan fingerprint density at radius 2 is 2.00 bits per heavy atom. The van der Waals surface area contributed by atoms with Crippen LogP contribution in [0.15, 0.2) is 18.2 Å². The second kappa shape index (κ2) is 5.39. The van der Waals surface area contributed by atoms with Crippen LogP contribution in [0.4, 0.5) is 8.78 Å². The first kappa shape index (κ1) is 12.4. The molecule has 1 heterocycles. The number of halogens is 3.